The van der Waals surface area contributed by atoms with Gasteiger partial charge in [-0.05, 0) is 61.6 Å². The fourth-order valence-corrected chi connectivity index (χ4v) is 3.63. The molecule has 1 amide bonds. The average Bonchev–Trinajstić information content (AvgIpc) is 2.71. The molecule has 35 heavy (non-hydrogen) atoms. The largest absolute Gasteiger partial charge is 0.490 e. The van der Waals surface area contributed by atoms with Crippen LogP contribution in [0, 0.1) is 13.7 Å². The lowest BCUT2D eigenvalue weighted by molar-refractivity contribution is -0.385. The molecule has 0 aliphatic rings. The van der Waals surface area contributed by atoms with Gasteiger partial charge in [0.1, 0.15) is 11.7 Å². The molecule has 0 unspecified atom stereocenters. The maximum atomic E-state index is 13.0. The number of rotatable bonds is 7. The lowest BCUT2D eigenvalue weighted by Crippen LogP contribution is -2.28. The number of hydrogen-bond donors (Lipinski definition) is 1. The molecule has 1 aromatic carbocycles. The molecule has 1 heterocycles. The number of esters is 1. The Morgan fingerprint density at radius 3 is 2.43 bits per heavy atom. The van der Waals surface area contributed by atoms with Crippen LogP contribution in [0.4, 0.5) is 29.3 Å². The monoisotopic (exact) mass is 611 g/mol. The summed E-state index contributed by atoms with van der Waals surface area (Å²) < 4.78 is 54.2. The van der Waals surface area contributed by atoms with Crippen molar-refractivity contribution in [1.82, 2.24) is 4.98 Å². The van der Waals surface area contributed by atoms with Gasteiger partial charge in [0.15, 0.2) is 0 Å². The molecule has 190 valence electrons. The first kappa shape index (κ1) is 28.1. The number of alkyl halides is 3. The first-order valence-corrected chi connectivity index (χ1v) is 10.9. The van der Waals surface area contributed by atoms with E-state index in [1.807, 2.05) is 0 Å². The van der Waals surface area contributed by atoms with Crippen LogP contribution in [0.3, 0.4) is 0 Å². The van der Waals surface area contributed by atoms with Crippen molar-refractivity contribution in [2.75, 3.05) is 12.4 Å². The van der Waals surface area contributed by atoms with Crippen molar-refractivity contribution >= 4 is 46.0 Å². The SMILES string of the molecule is COc1nccc(I)c1[C@H](Cc1ccc(NC(=O)OC(C)(C)C)cc1[N+](=O)[O-])OC(=O)C(F)(F)F. The van der Waals surface area contributed by atoms with Crippen LogP contribution in [-0.2, 0) is 20.7 Å². The highest BCUT2D eigenvalue weighted by atomic mass is 127. The first-order valence-electron chi connectivity index (χ1n) is 9.86. The third-order valence-corrected chi connectivity index (χ3v) is 5.17. The normalized spacial score (nSPS) is 12.5. The molecule has 1 aromatic heterocycles. The number of nitrogens with zero attached hydrogens (tertiary/aromatic N) is 2. The number of amides is 1. The smallest absolute Gasteiger partial charge is 0.481 e. The summed E-state index contributed by atoms with van der Waals surface area (Å²) in [5.41, 5.74) is -1.37. The first-order chi connectivity index (χ1) is 16.1. The number of halogens is 4. The van der Waals surface area contributed by atoms with Gasteiger partial charge in [-0.25, -0.2) is 14.6 Å². The number of nitro groups is 1. The molecule has 1 atom stereocenters. The summed E-state index contributed by atoms with van der Waals surface area (Å²) in [6.45, 7) is 4.90. The Morgan fingerprint density at radius 1 is 1.23 bits per heavy atom. The molecule has 10 nitrogen and oxygen atoms in total. The predicted molar refractivity (Wildman–Crippen MR) is 125 cm³/mol. The number of nitro benzene ring substituents is 1. The number of hydrogen-bond acceptors (Lipinski definition) is 8. The molecule has 0 spiro atoms. The van der Waals surface area contributed by atoms with Gasteiger partial charge in [-0.1, -0.05) is 0 Å². The summed E-state index contributed by atoms with van der Waals surface area (Å²) >= 11 is 1.80. The van der Waals surface area contributed by atoms with Crippen LogP contribution in [0.5, 0.6) is 5.88 Å². The van der Waals surface area contributed by atoms with E-state index >= 15 is 0 Å². The highest BCUT2D eigenvalue weighted by molar-refractivity contribution is 14.1. The van der Waals surface area contributed by atoms with Gasteiger partial charge < -0.3 is 14.2 Å². The second-order valence-corrected chi connectivity index (χ2v) is 9.20. The molecule has 0 aliphatic carbocycles. The fourth-order valence-electron chi connectivity index (χ4n) is 2.89. The van der Waals surface area contributed by atoms with E-state index in [9.17, 15) is 32.9 Å². The van der Waals surface area contributed by atoms with Crippen molar-refractivity contribution in [2.45, 2.75) is 45.1 Å². The van der Waals surface area contributed by atoms with E-state index in [2.05, 4.69) is 10.3 Å². The minimum absolute atomic E-state index is 0.0125. The zero-order valence-corrected chi connectivity index (χ0v) is 21.1. The molecule has 0 saturated heterocycles. The van der Waals surface area contributed by atoms with Crippen molar-refractivity contribution in [2.24, 2.45) is 0 Å². The van der Waals surface area contributed by atoms with Crippen LogP contribution in [0.15, 0.2) is 30.5 Å². The minimum Gasteiger partial charge on any atom is -0.481 e. The Labute approximate surface area is 211 Å². The van der Waals surface area contributed by atoms with Crippen molar-refractivity contribution < 1.29 is 41.9 Å². The van der Waals surface area contributed by atoms with Crippen LogP contribution in [0.2, 0.25) is 0 Å². The standard InChI is InChI=1S/C21H21F3IN3O7/c1-20(2,3)35-19(30)27-12-6-5-11(14(10-12)28(31)32)9-15(34-18(29)21(22,23)24)16-13(25)7-8-26-17(16)33-4/h5-8,10,15H,9H2,1-4H3,(H,27,30)/t15-/m0/s1. The van der Waals surface area contributed by atoms with E-state index in [-0.39, 0.29) is 22.7 Å². The Bertz CT molecular complexity index is 1120. The lowest BCUT2D eigenvalue weighted by atomic mass is 10.00. The summed E-state index contributed by atoms with van der Waals surface area (Å²) in [6, 6.07) is 5.01. The van der Waals surface area contributed by atoms with Crippen LogP contribution in [0.25, 0.3) is 0 Å². The summed E-state index contributed by atoms with van der Waals surface area (Å²) in [6.07, 6.45) is -6.95. The van der Waals surface area contributed by atoms with Gasteiger partial charge in [0.05, 0.1) is 23.3 Å². The maximum Gasteiger partial charge on any atom is 0.490 e. The molecular formula is C21H21F3IN3O7. The van der Waals surface area contributed by atoms with Gasteiger partial charge in [-0.3, -0.25) is 15.4 Å². The number of aromatic nitrogens is 1. The molecule has 1 N–H and O–H groups in total. The van der Waals surface area contributed by atoms with Crippen molar-refractivity contribution in [3.63, 3.8) is 0 Å². The number of ether oxygens (including phenoxy) is 3. The summed E-state index contributed by atoms with van der Waals surface area (Å²) in [5.74, 6) is -2.59. The summed E-state index contributed by atoms with van der Waals surface area (Å²) in [7, 11) is 1.23. The fraction of sp³-hybridized carbons (Fsp3) is 0.381. The Hall–Kier alpha value is -3.17. The van der Waals surface area contributed by atoms with E-state index in [1.165, 1.54) is 31.5 Å². The lowest BCUT2D eigenvalue weighted by Gasteiger charge is -2.22. The third kappa shape index (κ3) is 7.93. The second-order valence-electron chi connectivity index (χ2n) is 8.04. The zero-order chi connectivity index (χ0) is 26.6. The molecule has 2 aromatic rings. The van der Waals surface area contributed by atoms with Crippen LogP contribution >= 0.6 is 22.6 Å². The predicted octanol–water partition coefficient (Wildman–Crippen LogP) is 5.34. The van der Waals surface area contributed by atoms with Crippen LogP contribution < -0.4 is 10.1 Å². The molecule has 0 aliphatic heterocycles. The Kier molecular flexibility index (Phi) is 8.86. The van der Waals surface area contributed by atoms with Gasteiger partial charge in [-0.2, -0.15) is 13.2 Å². The maximum absolute atomic E-state index is 13.0. The average molecular weight is 611 g/mol. The molecule has 0 saturated carbocycles. The molecule has 14 heteroatoms. The highest BCUT2D eigenvalue weighted by Crippen LogP contribution is 2.37. The number of anilines is 1. The van der Waals surface area contributed by atoms with Gasteiger partial charge >= 0.3 is 18.2 Å². The molecule has 0 fully saturated rings. The molecule has 0 radical (unpaired) electrons. The number of nitrogens with one attached hydrogen (secondary N) is 1. The highest BCUT2D eigenvalue weighted by Gasteiger charge is 2.43. The van der Waals surface area contributed by atoms with E-state index in [1.54, 1.807) is 43.4 Å². The van der Waals surface area contributed by atoms with Crippen molar-refractivity contribution in [3.8, 4) is 5.88 Å². The number of carbonyl (C=O) groups is 2. The summed E-state index contributed by atoms with van der Waals surface area (Å²) in [5, 5.41) is 14.1. The van der Waals surface area contributed by atoms with E-state index in [0.29, 0.717) is 3.57 Å². The molecular weight excluding hydrogens is 590 g/mol. The number of pyridine rings is 1. The summed E-state index contributed by atoms with van der Waals surface area (Å²) in [4.78, 5) is 38.5. The van der Waals surface area contributed by atoms with Crippen molar-refractivity contribution in [3.05, 3.63) is 55.3 Å². The van der Waals surface area contributed by atoms with Crippen molar-refractivity contribution in [1.29, 1.82) is 0 Å². The minimum atomic E-state index is -5.30. The second kappa shape index (κ2) is 11.0. The number of methoxy groups -OCH3 is 1. The quantitative estimate of drug-likeness (QED) is 0.192. The Balaban J connectivity index is 2.48. The van der Waals surface area contributed by atoms with Gasteiger partial charge in [0, 0.05) is 27.8 Å². The van der Waals surface area contributed by atoms with E-state index in [4.69, 9.17) is 14.2 Å². The Morgan fingerprint density at radius 2 is 1.89 bits per heavy atom. The van der Waals surface area contributed by atoms with Crippen LogP contribution in [0.1, 0.15) is 38.0 Å². The third-order valence-electron chi connectivity index (χ3n) is 4.23. The molecule has 2 rings (SSSR count). The number of carbonyl (C=O) groups excluding carboxylic acids is 2. The molecule has 0 bridgehead atoms. The van der Waals surface area contributed by atoms with Gasteiger partial charge in [-0.15, -0.1) is 0 Å². The van der Waals surface area contributed by atoms with E-state index in [0.717, 1.165) is 6.07 Å². The number of benzene rings is 1. The topological polar surface area (TPSA) is 130 Å². The van der Waals surface area contributed by atoms with E-state index < -0.39 is 47.0 Å². The van der Waals surface area contributed by atoms with Gasteiger partial charge in [0.25, 0.3) is 5.69 Å². The zero-order valence-electron chi connectivity index (χ0n) is 18.9. The van der Waals surface area contributed by atoms with Gasteiger partial charge in [0.2, 0.25) is 5.88 Å². The van der Waals surface area contributed by atoms with Crippen LogP contribution in [-0.4, -0.2) is 40.9 Å².